The van der Waals surface area contributed by atoms with Crippen LogP contribution in [0.25, 0.3) is 32.6 Å². The molecule has 0 spiro atoms. The maximum absolute atomic E-state index is 12.7. The van der Waals surface area contributed by atoms with Crippen molar-refractivity contribution in [1.82, 2.24) is 4.98 Å². The zero-order valence-electron chi connectivity index (χ0n) is 15.0. The number of aromatic nitrogens is 2. The molecule has 0 aliphatic carbocycles. The highest BCUT2D eigenvalue weighted by atomic mass is 19.4. The van der Waals surface area contributed by atoms with Crippen LogP contribution in [0.1, 0.15) is 11.1 Å². The summed E-state index contributed by atoms with van der Waals surface area (Å²) >= 11 is 0. The number of phenolic OH excluding ortho intramolecular Hbond substituents is 1. The lowest BCUT2D eigenvalue weighted by molar-refractivity contribution is -0.670. The van der Waals surface area contributed by atoms with Crippen molar-refractivity contribution in [3.05, 3.63) is 41.7 Å². The molecule has 4 aromatic rings. The SMILES string of the molecule is Cc1c2cc[n+](C)cc2c(C)c2c1[nH]c1ccc(O)c(OCC(F)(F)F)c12. The zero-order valence-corrected chi connectivity index (χ0v) is 15.0. The predicted octanol–water partition coefficient (Wildman–Crippen LogP) is 4.56. The number of phenols is 1. The molecule has 27 heavy (non-hydrogen) atoms. The van der Waals surface area contributed by atoms with Crippen molar-refractivity contribution in [3.8, 4) is 11.5 Å². The number of pyridine rings is 1. The Balaban J connectivity index is 2.12. The van der Waals surface area contributed by atoms with Crippen LogP contribution in [0.4, 0.5) is 13.2 Å². The molecule has 0 bridgehead atoms. The molecular weight excluding hydrogens is 357 g/mol. The summed E-state index contributed by atoms with van der Waals surface area (Å²) in [4.78, 5) is 3.28. The van der Waals surface area contributed by atoms with E-state index in [4.69, 9.17) is 4.74 Å². The van der Waals surface area contributed by atoms with Gasteiger partial charge < -0.3 is 14.8 Å². The first-order chi connectivity index (χ1) is 12.7. The lowest BCUT2D eigenvalue weighted by Gasteiger charge is -2.13. The van der Waals surface area contributed by atoms with Crippen molar-refractivity contribution in [2.45, 2.75) is 20.0 Å². The minimum absolute atomic E-state index is 0.154. The van der Waals surface area contributed by atoms with E-state index in [2.05, 4.69) is 4.98 Å². The molecule has 140 valence electrons. The molecule has 0 saturated carbocycles. The van der Waals surface area contributed by atoms with Crippen molar-refractivity contribution < 1.29 is 27.6 Å². The lowest BCUT2D eigenvalue weighted by Crippen LogP contribution is -2.26. The Labute approximate surface area is 152 Å². The Kier molecular flexibility index (Phi) is 3.73. The van der Waals surface area contributed by atoms with Crippen LogP contribution in [0.5, 0.6) is 11.5 Å². The number of aromatic hydroxyl groups is 1. The fourth-order valence-electron chi connectivity index (χ4n) is 3.70. The fourth-order valence-corrected chi connectivity index (χ4v) is 3.70. The average molecular weight is 375 g/mol. The normalized spacial score (nSPS) is 12.4. The van der Waals surface area contributed by atoms with E-state index in [-0.39, 0.29) is 11.5 Å². The van der Waals surface area contributed by atoms with Crippen molar-refractivity contribution in [2.24, 2.45) is 7.05 Å². The summed E-state index contributed by atoms with van der Waals surface area (Å²) in [5.74, 6) is -0.471. The number of ether oxygens (including phenoxy) is 1. The molecule has 0 aliphatic heterocycles. The second kappa shape index (κ2) is 5.77. The minimum Gasteiger partial charge on any atom is -0.504 e. The molecule has 0 aliphatic rings. The van der Waals surface area contributed by atoms with E-state index in [0.717, 1.165) is 32.8 Å². The van der Waals surface area contributed by atoms with E-state index in [9.17, 15) is 18.3 Å². The third-order valence-corrected chi connectivity index (χ3v) is 4.93. The van der Waals surface area contributed by atoms with Crippen LogP contribution >= 0.6 is 0 Å². The number of rotatable bonds is 2. The van der Waals surface area contributed by atoms with Gasteiger partial charge >= 0.3 is 6.18 Å². The van der Waals surface area contributed by atoms with Crippen LogP contribution in [0.15, 0.2) is 30.6 Å². The van der Waals surface area contributed by atoms with Crippen molar-refractivity contribution in [3.63, 3.8) is 0 Å². The summed E-state index contributed by atoms with van der Waals surface area (Å²) in [6, 6.07) is 5.00. The number of halogens is 3. The van der Waals surface area contributed by atoms with Crippen LogP contribution in [0.2, 0.25) is 0 Å². The van der Waals surface area contributed by atoms with Gasteiger partial charge in [0.15, 0.2) is 30.5 Å². The van der Waals surface area contributed by atoms with E-state index in [0.29, 0.717) is 10.9 Å². The molecule has 4 nitrogen and oxygen atoms in total. The highest BCUT2D eigenvalue weighted by Crippen LogP contribution is 2.43. The number of nitrogens with zero attached hydrogens (tertiary/aromatic N) is 1. The molecular formula is C20H18F3N2O2+. The zero-order chi connectivity index (χ0) is 19.5. The number of fused-ring (bicyclic) bond motifs is 4. The summed E-state index contributed by atoms with van der Waals surface area (Å²) in [7, 11) is 1.91. The monoisotopic (exact) mass is 375 g/mol. The van der Waals surface area contributed by atoms with Gasteiger partial charge in [0.2, 0.25) is 0 Å². The summed E-state index contributed by atoms with van der Waals surface area (Å²) in [6.07, 6.45) is -0.561. The number of nitrogens with one attached hydrogen (secondary N) is 1. The second-order valence-corrected chi connectivity index (χ2v) is 6.80. The number of benzene rings is 2. The third-order valence-electron chi connectivity index (χ3n) is 4.93. The van der Waals surface area contributed by atoms with Crippen LogP contribution in [0, 0.1) is 13.8 Å². The molecule has 2 heterocycles. The number of alkyl halides is 3. The summed E-state index contributed by atoms with van der Waals surface area (Å²) in [5, 5.41) is 13.5. The Morgan fingerprint density at radius 2 is 1.81 bits per heavy atom. The van der Waals surface area contributed by atoms with Crippen LogP contribution in [0.3, 0.4) is 0 Å². The molecule has 2 aromatic heterocycles. The van der Waals surface area contributed by atoms with Gasteiger partial charge in [0.05, 0.1) is 16.4 Å². The number of hydrogen-bond acceptors (Lipinski definition) is 2. The van der Waals surface area contributed by atoms with Gasteiger partial charge in [-0.15, -0.1) is 0 Å². The molecule has 0 saturated heterocycles. The van der Waals surface area contributed by atoms with Gasteiger partial charge in [0.25, 0.3) is 0 Å². The van der Waals surface area contributed by atoms with Gasteiger partial charge in [-0.1, -0.05) is 0 Å². The first kappa shape index (κ1) is 17.5. The standard InChI is InChI=1S/C20H17F3N2O2/c1-10-13-8-25(3)7-6-12(13)11(2)18-16(10)17-14(24-18)4-5-15(26)19(17)27-9-20(21,22)23/h4-8,26H,9H2,1-3H3/p+1. The van der Waals surface area contributed by atoms with Crippen LogP contribution < -0.4 is 9.30 Å². The average Bonchev–Trinajstić information content (AvgIpc) is 2.98. The first-order valence-electron chi connectivity index (χ1n) is 8.42. The predicted molar refractivity (Wildman–Crippen MR) is 97.2 cm³/mol. The van der Waals surface area contributed by atoms with E-state index < -0.39 is 12.8 Å². The van der Waals surface area contributed by atoms with Gasteiger partial charge in [-0.2, -0.15) is 13.2 Å². The van der Waals surface area contributed by atoms with Gasteiger partial charge in [0.1, 0.15) is 7.05 Å². The lowest BCUT2D eigenvalue weighted by atomic mass is 9.96. The van der Waals surface area contributed by atoms with Crippen LogP contribution in [-0.4, -0.2) is 22.9 Å². The maximum Gasteiger partial charge on any atom is 0.422 e. The first-order valence-corrected chi connectivity index (χ1v) is 8.42. The van der Waals surface area contributed by atoms with E-state index in [1.54, 1.807) is 6.07 Å². The van der Waals surface area contributed by atoms with Crippen molar-refractivity contribution >= 4 is 32.6 Å². The second-order valence-electron chi connectivity index (χ2n) is 6.80. The quantitative estimate of drug-likeness (QED) is 0.505. The van der Waals surface area contributed by atoms with Crippen molar-refractivity contribution in [2.75, 3.05) is 6.61 Å². The summed E-state index contributed by atoms with van der Waals surface area (Å²) < 4.78 is 45.0. The van der Waals surface area contributed by atoms with Gasteiger partial charge in [-0.3, -0.25) is 0 Å². The fraction of sp³-hybridized carbons (Fsp3) is 0.250. The van der Waals surface area contributed by atoms with E-state index in [1.807, 2.05) is 43.9 Å². The molecule has 2 aromatic carbocycles. The van der Waals surface area contributed by atoms with Gasteiger partial charge in [0, 0.05) is 16.8 Å². The summed E-state index contributed by atoms with van der Waals surface area (Å²) in [5.41, 5.74) is 3.34. The minimum atomic E-state index is -4.49. The molecule has 2 N–H and O–H groups in total. The molecule has 7 heteroatoms. The summed E-state index contributed by atoms with van der Waals surface area (Å²) in [6.45, 7) is 2.43. The number of H-pyrrole nitrogens is 1. The highest BCUT2D eigenvalue weighted by Gasteiger charge is 2.30. The largest absolute Gasteiger partial charge is 0.504 e. The smallest absolute Gasteiger partial charge is 0.422 e. The Morgan fingerprint density at radius 3 is 2.52 bits per heavy atom. The van der Waals surface area contributed by atoms with Gasteiger partial charge in [-0.25, -0.2) is 4.57 Å². The van der Waals surface area contributed by atoms with Gasteiger partial charge in [-0.05, 0) is 42.5 Å². The number of hydrogen-bond donors (Lipinski definition) is 2. The van der Waals surface area contributed by atoms with Crippen molar-refractivity contribution in [1.29, 1.82) is 0 Å². The Bertz CT molecular complexity index is 1210. The number of aryl methyl sites for hydroxylation is 3. The molecule has 0 amide bonds. The number of aromatic amines is 1. The van der Waals surface area contributed by atoms with E-state index >= 15 is 0 Å². The molecule has 0 unspecified atom stereocenters. The molecule has 4 rings (SSSR count). The Hall–Kier alpha value is -2.96. The maximum atomic E-state index is 12.7. The third kappa shape index (κ3) is 2.74. The Morgan fingerprint density at radius 1 is 1.07 bits per heavy atom. The topological polar surface area (TPSA) is 49.1 Å². The highest BCUT2D eigenvalue weighted by molar-refractivity contribution is 6.18. The molecule has 0 fully saturated rings. The van der Waals surface area contributed by atoms with E-state index in [1.165, 1.54) is 6.07 Å². The molecule has 0 atom stereocenters. The van der Waals surface area contributed by atoms with Crippen LogP contribution in [-0.2, 0) is 7.05 Å². The molecule has 0 radical (unpaired) electrons.